The molecule has 0 saturated heterocycles. The molecule has 9 heavy (non-hydrogen) atoms. The van der Waals surface area contributed by atoms with Gasteiger partial charge in [0.25, 0.3) is 0 Å². The molecule has 1 heteroatoms. The summed E-state index contributed by atoms with van der Waals surface area (Å²) in [5.41, 5.74) is 0. The van der Waals surface area contributed by atoms with Crippen molar-refractivity contribution in [3.63, 3.8) is 0 Å². The molecule has 0 heterocycles. The molecule has 0 aliphatic heterocycles. The maximum Gasteiger partial charge on any atom is -0.0500 e. The van der Waals surface area contributed by atoms with Gasteiger partial charge in [0.1, 0.15) is 0 Å². The zero-order valence-corrected chi connectivity index (χ0v) is 7.50. The van der Waals surface area contributed by atoms with E-state index < -0.39 is 0 Å². The van der Waals surface area contributed by atoms with Gasteiger partial charge in [0.05, 0.1) is 0 Å². The predicted molar refractivity (Wildman–Crippen MR) is 50.5 cm³/mol. The standard InChI is InChI=1S/C8H17S/c1-5-8(3)7-9(4)6-2/h7-8H,4-6H2,1-3H3/q-1. The Hall–Kier alpha value is 0.0900. The number of hydrogen-bond acceptors (Lipinski definition) is 1. The van der Waals surface area contributed by atoms with E-state index in [0.717, 1.165) is 5.92 Å². The number of rotatable bonds is 3. The van der Waals surface area contributed by atoms with E-state index in [-0.39, 0.29) is 0 Å². The summed E-state index contributed by atoms with van der Waals surface area (Å²) >= 11 is 0. The van der Waals surface area contributed by atoms with Crippen LogP contribution in [0.3, 0.4) is 0 Å². The minimum absolute atomic E-state index is 0.318. The topological polar surface area (TPSA) is 0 Å². The molecule has 0 aliphatic rings. The zero-order valence-electron chi connectivity index (χ0n) is 6.68. The summed E-state index contributed by atoms with van der Waals surface area (Å²) in [6, 6.07) is 0. The fraction of sp³-hybridized carbons (Fsp3) is 0.750. The Balaban J connectivity index is 3.80. The molecule has 0 nitrogen and oxygen atoms in total. The van der Waals surface area contributed by atoms with Gasteiger partial charge in [0, 0.05) is 0 Å². The van der Waals surface area contributed by atoms with Crippen LogP contribution in [0.1, 0.15) is 27.2 Å². The van der Waals surface area contributed by atoms with E-state index in [0.29, 0.717) is 10.1 Å². The van der Waals surface area contributed by atoms with Crippen molar-refractivity contribution < 1.29 is 0 Å². The highest BCUT2D eigenvalue weighted by Gasteiger charge is 1.83. The lowest BCUT2D eigenvalue weighted by Crippen LogP contribution is -1.97. The zero-order chi connectivity index (χ0) is 7.28. The highest BCUT2D eigenvalue weighted by atomic mass is 32.2. The van der Waals surface area contributed by atoms with E-state index in [4.69, 9.17) is 0 Å². The molecule has 0 fully saturated rings. The summed E-state index contributed by atoms with van der Waals surface area (Å²) in [7, 11) is 0.318. The molecule has 1 atom stereocenters. The van der Waals surface area contributed by atoms with E-state index in [1.165, 1.54) is 12.2 Å². The average Bonchev–Trinajstić information content (AvgIpc) is 1.87. The molecular weight excluding hydrogens is 128 g/mol. The quantitative estimate of drug-likeness (QED) is 0.420. The van der Waals surface area contributed by atoms with Crippen molar-refractivity contribution >= 4 is 21.3 Å². The summed E-state index contributed by atoms with van der Waals surface area (Å²) in [6.45, 7) is 6.66. The van der Waals surface area contributed by atoms with Crippen LogP contribution in [0.15, 0.2) is 0 Å². The van der Waals surface area contributed by atoms with E-state index in [2.05, 4.69) is 32.0 Å². The molecule has 0 aromatic carbocycles. The molecule has 0 rings (SSSR count). The van der Waals surface area contributed by atoms with Crippen LogP contribution < -0.4 is 0 Å². The van der Waals surface area contributed by atoms with Gasteiger partial charge < -0.3 is 10.1 Å². The first kappa shape index (κ1) is 9.09. The van der Waals surface area contributed by atoms with Gasteiger partial charge in [-0.3, -0.25) is 0 Å². The highest BCUT2D eigenvalue weighted by Crippen LogP contribution is 1.94. The lowest BCUT2D eigenvalue weighted by molar-refractivity contribution is 0.762. The van der Waals surface area contributed by atoms with Crippen molar-refractivity contribution in [3.05, 3.63) is 0 Å². The summed E-state index contributed by atoms with van der Waals surface area (Å²) in [5.74, 6) is 5.97. The normalized spacial score (nSPS) is 17.7. The van der Waals surface area contributed by atoms with E-state index in [1.54, 1.807) is 0 Å². The first-order chi connectivity index (χ1) is 4.20. The molecule has 0 radical (unpaired) electrons. The average molecular weight is 145 g/mol. The summed E-state index contributed by atoms with van der Waals surface area (Å²) in [6.07, 6.45) is 1.25. The summed E-state index contributed by atoms with van der Waals surface area (Å²) < 4.78 is 0. The molecule has 1 unspecified atom stereocenters. The Morgan fingerprint density at radius 1 is 1.56 bits per heavy atom. The van der Waals surface area contributed by atoms with E-state index in [1.807, 2.05) is 0 Å². The van der Waals surface area contributed by atoms with Gasteiger partial charge >= 0.3 is 0 Å². The first-order valence-electron chi connectivity index (χ1n) is 3.55. The van der Waals surface area contributed by atoms with Crippen LogP contribution in [0, 0.1) is 5.92 Å². The van der Waals surface area contributed by atoms with Crippen molar-refractivity contribution in [2.75, 3.05) is 5.75 Å². The summed E-state index contributed by atoms with van der Waals surface area (Å²) in [5, 5.41) is 2.36. The molecule has 0 bridgehead atoms. The fourth-order valence-corrected chi connectivity index (χ4v) is 1.56. The van der Waals surface area contributed by atoms with Gasteiger partial charge in [-0.05, 0) is 0 Å². The highest BCUT2D eigenvalue weighted by molar-refractivity contribution is 7.92. The largest absolute Gasteiger partial charge is 0.482 e. The Morgan fingerprint density at radius 2 is 2.11 bits per heavy atom. The minimum Gasteiger partial charge on any atom is -0.482 e. The van der Waals surface area contributed by atoms with Gasteiger partial charge in [0.2, 0.25) is 0 Å². The van der Waals surface area contributed by atoms with Crippen LogP contribution in [0.4, 0.5) is 0 Å². The lowest BCUT2D eigenvalue weighted by Gasteiger charge is -2.09. The smallest absolute Gasteiger partial charge is 0.0500 e. The van der Waals surface area contributed by atoms with Gasteiger partial charge in [-0.15, -0.1) is 5.75 Å². The Kier molecular flexibility index (Phi) is 4.97. The van der Waals surface area contributed by atoms with Crippen LogP contribution in [0.5, 0.6) is 0 Å². The molecule has 0 aromatic rings. The third kappa shape index (κ3) is 4.58. The van der Waals surface area contributed by atoms with Crippen molar-refractivity contribution in [2.24, 2.45) is 5.92 Å². The molecule has 0 spiro atoms. The molecule has 0 saturated carbocycles. The van der Waals surface area contributed by atoms with Crippen LogP contribution in [-0.4, -0.2) is 17.0 Å². The molecule has 0 amide bonds. The third-order valence-electron chi connectivity index (χ3n) is 1.44. The van der Waals surface area contributed by atoms with Gasteiger partial charge in [0.15, 0.2) is 0 Å². The molecule has 0 aliphatic carbocycles. The van der Waals surface area contributed by atoms with Gasteiger partial charge in [-0.2, -0.15) is 0 Å². The van der Waals surface area contributed by atoms with Gasteiger partial charge in [-0.25, -0.2) is 11.2 Å². The maximum atomic E-state index is 4.02. The van der Waals surface area contributed by atoms with E-state index >= 15 is 0 Å². The monoisotopic (exact) mass is 145 g/mol. The van der Waals surface area contributed by atoms with Gasteiger partial charge in [-0.1, -0.05) is 33.1 Å². The Labute approximate surface area is 60.8 Å². The SMILES string of the molecule is C=[S-](=CC(C)CC)CC. The third-order valence-corrected chi connectivity index (χ3v) is 3.03. The van der Waals surface area contributed by atoms with Crippen molar-refractivity contribution in [3.8, 4) is 0 Å². The molecule has 0 aromatic heterocycles. The van der Waals surface area contributed by atoms with Crippen molar-refractivity contribution in [1.82, 2.24) is 0 Å². The second kappa shape index (κ2) is 4.92. The van der Waals surface area contributed by atoms with Crippen LogP contribution in [0.25, 0.3) is 0 Å². The van der Waals surface area contributed by atoms with E-state index in [9.17, 15) is 0 Å². The molecular formula is C8H17S-. The first-order valence-corrected chi connectivity index (χ1v) is 5.17. The van der Waals surface area contributed by atoms with Crippen LogP contribution in [0.2, 0.25) is 0 Å². The van der Waals surface area contributed by atoms with Crippen molar-refractivity contribution in [2.45, 2.75) is 27.2 Å². The summed E-state index contributed by atoms with van der Waals surface area (Å²) in [4.78, 5) is 0. The second-order valence-corrected chi connectivity index (χ2v) is 4.27. The Bertz CT molecular complexity index is 130. The molecule has 56 valence electrons. The predicted octanol–water partition coefficient (Wildman–Crippen LogP) is 1.90. The Morgan fingerprint density at radius 3 is 2.44 bits per heavy atom. The lowest BCUT2D eigenvalue weighted by atomic mass is 10.2. The number of hydrogen-bond donors (Lipinski definition) is 0. The second-order valence-electron chi connectivity index (χ2n) is 2.35. The molecule has 0 N–H and O–H groups in total. The maximum absolute atomic E-state index is 4.02. The fourth-order valence-electron chi connectivity index (χ4n) is 0.521. The van der Waals surface area contributed by atoms with Crippen LogP contribution >= 0.6 is 0 Å². The minimum atomic E-state index is 0.318. The van der Waals surface area contributed by atoms with Crippen LogP contribution in [-0.2, 0) is 10.1 Å². The van der Waals surface area contributed by atoms with Crippen molar-refractivity contribution in [1.29, 1.82) is 0 Å².